The zero-order valence-corrected chi connectivity index (χ0v) is 30.1. The van der Waals surface area contributed by atoms with Gasteiger partial charge in [0, 0.05) is 27.5 Å². The Hall–Kier alpha value is -7.43. The Bertz CT molecular complexity index is 3080. The van der Waals surface area contributed by atoms with E-state index in [1.54, 1.807) is 0 Å². The van der Waals surface area contributed by atoms with Crippen LogP contribution in [0.15, 0.2) is 192 Å². The average Bonchev–Trinajstić information content (AvgIpc) is 3.90. The monoisotopic (exact) mass is 713 g/mol. The summed E-state index contributed by atoms with van der Waals surface area (Å²) in [5.41, 5.74) is 16.9. The quantitative estimate of drug-likeness (QED) is 0.182. The van der Waals surface area contributed by atoms with Crippen LogP contribution in [0.4, 0.5) is 0 Å². The van der Waals surface area contributed by atoms with Crippen LogP contribution in [0.5, 0.6) is 0 Å². The van der Waals surface area contributed by atoms with Crippen LogP contribution in [0.1, 0.15) is 22.3 Å². The molecule has 0 bridgehead atoms. The molecule has 2 aromatic heterocycles. The second-order valence-corrected chi connectivity index (χ2v) is 14.7. The summed E-state index contributed by atoms with van der Waals surface area (Å²) in [5, 5.41) is 2.12. The van der Waals surface area contributed by atoms with Gasteiger partial charge in [-0.15, -0.1) is 0 Å². The molecule has 4 nitrogen and oxygen atoms in total. The van der Waals surface area contributed by atoms with Crippen molar-refractivity contribution in [3.63, 3.8) is 0 Å². The third kappa shape index (κ3) is 4.38. The van der Waals surface area contributed by atoms with Gasteiger partial charge in [0.2, 0.25) is 0 Å². The molecule has 2 aliphatic rings. The highest BCUT2D eigenvalue weighted by Gasteiger charge is 2.51. The highest BCUT2D eigenvalue weighted by molar-refractivity contribution is 6.07. The van der Waals surface area contributed by atoms with E-state index >= 15 is 0 Å². The van der Waals surface area contributed by atoms with Gasteiger partial charge in [0.05, 0.1) is 5.41 Å². The van der Waals surface area contributed by atoms with Gasteiger partial charge in [0.1, 0.15) is 11.2 Å². The molecule has 2 heterocycles. The van der Waals surface area contributed by atoms with Gasteiger partial charge in [0.15, 0.2) is 17.5 Å². The molecule has 2 aliphatic carbocycles. The Labute approximate surface area is 323 Å². The molecule has 10 aromatic rings. The van der Waals surface area contributed by atoms with Gasteiger partial charge in [-0.3, -0.25) is 0 Å². The normalized spacial score (nSPS) is 13.1. The van der Waals surface area contributed by atoms with Gasteiger partial charge in [0.25, 0.3) is 0 Å². The summed E-state index contributed by atoms with van der Waals surface area (Å²) in [6, 6.07) is 66.9. The van der Waals surface area contributed by atoms with E-state index in [9.17, 15) is 0 Å². The zero-order chi connectivity index (χ0) is 36.8. The molecule has 0 unspecified atom stereocenters. The van der Waals surface area contributed by atoms with Crippen molar-refractivity contribution in [2.75, 3.05) is 0 Å². The summed E-state index contributed by atoms with van der Waals surface area (Å²) in [6.07, 6.45) is 0. The maximum atomic E-state index is 6.53. The molecule has 4 heteroatoms. The molecule has 0 atom stereocenters. The first-order valence-electron chi connectivity index (χ1n) is 19.0. The molecule has 0 amide bonds. The van der Waals surface area contributed by atoms with Gasteiger partial charge >= 0.3 is 0 Å². The number of hydrogen-bond acceptors (Lipinski definition) is 4. The van der Waals surface area contributed by atoms with Crippen molar-refractivity contribution in [2.45, 2.75) is 5.41 Å². The van der Waals surface area contributed by atoms with Crippen LogP contribution in [0.25, 0.3) is 89.5 Å². The molecular formula is C52H31N3O. The largest absolute Gasteiger partial charge is 0.456 e. The minimum Gasteiger partial charge on any atom is -0.456 e. The molecule has 56 heavy (non-hydrogen) atoms. The van der Waals surface area contributed by atoms with E-state index in [1.807, 2.05) is 60.7 Å². The van der Waals surface area contributed by atoms with E-state index in [4.69, 9.17) is 19.4 Å². The minimum absolute atomic E-state index is 0.381. The lowest BCUT2D eigenvalue weighted by Gasteiger charge is -2.30. The molecule has 260 valence electrons. The minimum atomic E-state index is -0.381. The summed E-state index contributed by atoms with van der Waals surface area (Å²) in [6.45, 7) is 0. The maximum absolute atomic E-state index is 6.53. The van der Waals surface area contributed by atoms with Crippen LogP contribution in [0.3, 0.4) is 0 Å². The molecule has 0 saturated carbocycles. The van der Waals surface area contributed by atoms with Crippen LogP contribution in [-0.4, -0.2) is 15.0 Å². The molecule has 0 fully saturated rings. The lowest BCUT2D eigenvalue weighted by atomic mass is 9.70. The van der Waals surface area contributed by atoms with Crippen molar-refractivity contribution in [1.82, 2.24) is 15.0 Å². The van der Waals surface area contributed by atoms with Gasteiger partial charge in [-0.1, -0.05) is 158 Å². The highest BCUT2D eigenvalue weighted by Crippen LogP contribution is 2.63. The highest BCUT2D eigenvalue weighted by atomic mass is 16.3. The predicted molar refractivity (Wildman–Crippen MR) is 225 cm³/mol. The van der Waals surface area contributed by atoms with Gasteiger partial charge in [-0.25, -0.2) is 15.0 Å². The number of fused-ring (bicyclic) bond motifs is 13. The van der Waals surface area contributed by atoms with E-state index in [0.717, 1.165) is 44.2 Å². The van der Waals surface area contributed by atoms with Crippen molar-refractivity contribution < 1.29 is 4.42 Å². The molecule has 1 spiro atoms. The van der Waals surface area contributed by atoms with Crippen LogP contribution >= 0.6 is 0 Å². The molecule has 0 radical (unpaired) electrons. The average molecular weight is 714 g/mol. The fourth-order valence-electron chi connectivity index (χ4n) is 9.31. The second kappa shape index (κ2) is 11.8. The fraction of sp³-hybridized carbons (Fsp3) is 0.0192. The Morgan fingerprint density at radius 1 is 0.304 bits per heavy atom. The molecule has 12 rings (SSSR count). The number of rotatable bonds is 4. The summed E-state index contributed by atoms with van der Waals surface area (Å²) in [4.78, 5) is 14.8. The Morgan fingerprint density at radius 3 is 1.36 bits per heavy atom. The summed E-state index contributed by atoms with van der Waals surface area (Å²) < 4.78 is 6.53. The topological polar surface area (TPSA) is 51.8 Å². The Balaban J connectivity index is 0.989. The van der Waals surface area contributed by atoms with Crippen LogP contribution in [0.2, 0.25) is 0 Å². The van der Waals surface area contributed by atoms with Crippen molar-refractivity contribution >= 4 is 21.9 Å². The van der Waals surface area contributed by atoms with Gasteiger partial charge in [-0.2, -0.15) is 0 Å². The van der Waals surface area contributed by atoms with E-state index in [1.165, 1.54) is 50.1 Å². The first-order chi connectivity index (χ1) is 27.7. The number of hydrogen-bond donors (Lipinski definition) is 0. The molecule has 0 saturated heterocycles. The van der Waals surface area contributed by atoms with E-state index in [2.05, 4.69) is 127 Å². The van der Waals surface area contributed by atoms with Gasteiger partial charge < -0.3 is 4.42 Å². The van der Waals surface area contributed by atoms with Crippen LogP contribution in [-0.2, 0) is 5.41 Å². The third-order valence-corrected chi connectivity index (χ3v) is 11.8. The first-order valence-corrected chi connectivity index (χ1v) is 19.0. The molecule has 8 aromatic carbocycles. The molecule has 0 aliphatic heterocycles. The van der Waals surface area contributed by atoms with Crippen molar-refractivity contribution in [3.8, 4) is 67.5 Å². The van der Waals surface area contributed by atoms with E-state index in [-0.39, 0.29) is 5.41 Å². The van der Waals surface area contributed by atoms with E-state index < -0.39 is 0 Å². The Kier molecular flexibility index (Phi) is 6.52. The first kappa shape index (κ1) is 31.0. The van der Waals surface area contributed by atoms with Crippen molar-refractivity contribution in [2.24, 2.45) is 0 Å². The van der Waals surface area contributed by atoms with Crippen molar-refractivity contribution in [1.29, 1.82) is 0 Å². The Morgan fingerprint density at radius 2 is 0.768 bits per heavy atom. The van der Waals surface area contributed by atoms with E-state index in [0.29, 0.717) is 17.5 Å². The standard InChI is InChI=1S/C52H31N3O/c1-3-13-32(14-4-1)49-53-50(33-15-5-2-6-16-33)55-51(54-49)36-24-27-41-42-29-34(25-28-47(42)56-48(41)31-36)35-23-26-40-39-19-9-12-22-45(39)52(46(40)30-35)43-20-10-7-17-37(43)38-18-8-11-21-44(38)52/h1-31H. The van der Waals surface area contributed by atoms with Crippen molar-refractivity contribution in [3.05, 3.63) is 210 Å². The number of benzene rings is 8. The van der Waals surface area contributed by atoms with Gasteiger partial charge in [-0.05, 0) is 86.0 Å². The summed E-state index contributed by atoms with van der Waals surface area (Å²) >= 11 is 0. The number of nitrogens with zero attached hydrogens (tertiary/aromatic N) is 3. The fourth-order valence-corrected chi connectivity index (χ4v) is 9.31. The molecule has 0 N–H and O–H groups in total. The SMILES string of the molecule is c1ccc(-c2nc(-c3ccccc3)nc(-c3ccc4c(c3)oc3ccc(-c5ccc6c(c5)C5(c7ccccc7-c7ccccc75)c5ccccc5-6)cc34)n2)cc1. The maximum Gasteiger partial charge on any atom is 0.164 e. The smallest absolute Gasteiger partial charge is 0.164 e. The third-order valence-electron chi connectivity index (χ3n) is 11.8. The second-order valence-electron chi connectivity index (χ2n) is 14.7. The van der Waals surface area contributed by atoms with Crippen LogP contribution in [0, 0.1) is 0 Å². The van der Waals surface area contributed by atoms with Crippen LogP contribution < -0.4 is 0 Å². The number of aromatic nitrogens is 3. The lowest BCUT2D eigenvalue weighted by Crippen LogP contribution is -2.25. The predicted octanol–water partition coefficient (Wildman–Crippen LogP) is 12.8. The summed E-state index contributed by atoms with van der Waals surface area (Å²) in [7, 11) is 0. The zero-order valence-electron chi connectivity index (χ0n) is 30.1. The lowest BCUT2D eigenvalue weighted by molar-refractivity contribution is 0.669. The number of furan rings is 1. The summed E-state index contributed by atoms with van der Waals surface area (Å²) in [5.74, 6) is 1.86. The molecular weight excluding hydrogens is 683 g/mol.